The smallest absolute Gasteiger partial charge is 0.257 e. The largest absolute Gasteiger partial charge is 0.343 e. The first kappa shape index (κ1) is 20.4. The van der Waals surface area contributed by atoms with E-state index in [1.807, 2.05) is 24.3 Å². The van der Waals surface area contributed by atoms with Crippen molar-refractivity contribution in [1.82, 2.24) is 9.97 Å². The van der Waals surface area contributed by atoms with Gasteiger partial charge in [0.05, 0.1) is 5.56 Å². The normalized spacial score (nSPS) is 18.5. The standard InChI is InChI=1S/C22H24BrN3O2S/c1-12(2)10-11-29-22-25-20-19(21(28)26-22)17(13-6-8-14(23)9-7-13)18-15(24-20)4-3-5-16(18)27/h6-9,12,17H,3-5,10-11H2,1-2H3,(H2,24,25,26,28). The Balaban J connectivity index is 1.79. The number of fused-ring (bicyclic) bond motifs is 1. The molecule has 0 saturated carbocycles. The summed E-state index contributed by atoms with van der Waals surface area (Å²) in [4.78, 5) is 33.6. The first-order valence-corrected chi connectivity index (χ1v) is 11.8. The van der Waals surface area contributed by atoms with E-state index < -0.39 is 0 Å². The van der Waals surface area contributed by atoms with Crippen LogP contribution in [0.5, 0.6) is 0 Å². The van der Waals surface area contributed by atoms with E-state index in [9.17, 15) is 9.59 Å². The lowest BCUT2D eigenvalue weighted by Gasteiger charge is -2.32. The molecular weight excluding hydrogens is 450 g/mol. The molecule has 0 bridgehead atoms. The first-order valence-electron chi connectivity index (χ1n) is 9.99. The Morgan fingerprint density at radius 1 is 1.21 bits per heavy atom. The molecule has 2 aliphatic rings. The highest BCUT2D eigenvalue weighted by molar-refractivity contribution is 9.10. The SMILES string of the molecule is CC(C)CCSc1nc2c(c(=O)[nH]1)C(c1ccc(Br)cc1)C1=C(CCCC1=O)N2. The van der Waals surface area contributed by atoms with E-state index in [4.69, 9.17) is 4.98 Å². The van der Waals surface area contributed by atoms with Crippen LogP contribution in [0.15, 0.2) is 50.0 Å². The molecule has 1 aliphatic carbocycles. The van der Waals surface area contributed by atoms with E-state index in [1.165, 1.54) is 0 Å². The molecule has 2 heterocycles. The number of rotatable bonds is 5. The second kappa shape index (κ2) is 8.48. The predicted molar refractivity (Wildman–Crippen MR) is 121 cm³/mol. The minimum atomic E-state index is -0.381. The average Bonchev–Trinajstić information content (AvgIpc) is 2.67. The van der Waals surface area contributed by atoms with Crippen LogP contribution in [0.25, 0.3) is 0 Å². The number of ketones is 1. The van der Waals surface area contributed by atoms with Crippen LogP contribution in [0.3, 0.4) is 0 Å². The molecule has 0 spiro atoms. The molecule has 0 amide bonds. The zero-order valence-corrected chi connectivity index (χ0v) is 19.0. The summed E-state index contributed by atoms with van der Waals surface area (Å²) in [6, 6.07) is 7.84. The summed E-state index contributed by atoms with van der Waals surface area (Å²) in [6.07, 6.45) is 3.21. The number of aromatic amines is 1. The summed E-state index contributed by atoms with van der Waals surface area (Å²) in [5.74, 6) is 1.83. The van der Waals surface area contributed by atoms with Crippen LogP contribution in [0.1, 0.15) is 56.6 Å². The molecule has 2 N–H and O–H groups in total. The van der Waals surface area contributed by atoms with Crippen LogP contribution in [-0.4, -0.2) is 21.5 Å². The number of anilines is 1. The fourth-order valence-electron chi connectivity index (χ4n) is 3.89. The minimum absolute atomic E-state index is 0.118. The van der Waals surface area contributed by atoms with Crippen LogP contribution in [0.4, 0.5) is 5.82 Å². The third-order valence-corrected chi connectivity index (χ3v) is 6.81. The minimum Gasteiger partial charge on any atom is -0.343 e. The molecule has 7 heteroatoms. The van der Waals surface area contributed by atoms with Crippen LogP contribution in [0, 0.1) is 5.92 Å². The predicted octanol–water partition coefficient (Wildman–Crippen LogP) is 5.24. The van der Waals surface area contributed by atoms with Crippen molar-refractivity contribution < 1.29 is 4.79 Å². The number of halogens is 1. The number of benzene rings is 1. The van der Waals surface area contributed by atoms with Crippen LogP contribution in [-0.2, 0) is 4.79 Å². The molecular formula is C22H24BrN3O2S. The average molecular weight is 474 g/mol. The Kier molecular flexibility index (Phi) is 5.97. The van der Waals surface area contributed by atoms with Gasteiger partial charge in [-0.25, -0.2) is 4.98 Å². The van der Waals surface area contributed by atoms with Gasteiger partial charge in [-0.15, -0.1) is 0 Å². The van der Waals surface area contributed by atoms with Gasteiger partial charge in [0, 0.05) is 33.8 Å². The number of nitrogens with zero attached hydrogens (tertiary/aromatic N) is 1. The van der Waals surface area contributed by atoms with Crippen molar-refractivity contribution in [2.45, 2.75) is 50.6 Å². The number of thioether (sulfide) groups is 1. The Morgan fingerprint density at radius 2 is 1.97 bits per heavy atom. The lowest BCUT2D eigenvalue weighted by atomic mass is 9.76. The third-order valence-electron chi connectivity index (χ3n) is 5.37. The zero-order chi connectivity index (χ0) is 20.5. The van der Waals surface area contributed by atoms with E-state index in [2.05, 4.69) is 40.1 Å². The number of carbonyl (C=O) groups excluding carboxylic acids is 1. The van der Waals surface area contributed by atoms with Crippen LogP contribution >= 0.6 is 27.7 Å². The zero-order valence-electron chi connectivity index (χ0n) is 16.5. The first-order chi connectivity index (χ1) is 13.9. The van der Waals surface area contributed by atoms with Crippen molar-refractivity contribution in [2.24, 2.45) is 5.92 Å². The molecule has 0 saturated heterocycles. The number of Topliss-reactive ketones (excluding diaryl/α,β-unsaturated/α-hetero) is 1. The molecule has 1 aromatic heterocycles. The summed E-state index contributed by atoms with van der Waals surface area (Å²) < 4.78 is 0.962. The topological polar surface area (TPSA) is 74.8 Å². The maximum atomic E-state index is 13.1. The van der Waals surface area contributed by atoms with Gasteiger partial charge >= 0.3 is 0 Å². The summed E-state index contributed by atoms with van der Waals surface area (Å²) >= 11 is 5.03. The van der Waals surface area contributed by atoms with E-state index in [0.29, 0.717) is 28.9 Å². The monoisotopic (exact) mass is 473 g/mol. The lowest BCUT2D eigenvalue weighted by molar-refractivity contribution is -0.116. The summed E-state index contributed by atoms with van der Waals surface area (Å²) in [7, 11) is 0. The summed E-state index contributed by atoms with van der Waals surface area (Å²) in [5, 5.41) is 3.95. The molecule has 1 atom stereocenters. The number of allylic oxidation sites excluding steroid dienone is 2. The van der Waals surface area contributed by atoms with Crippen molar-refractivity contribution in [3.05, 3.63) is 61.5 Å². The highest BCUT2D eigenvalue weighted by Gasteiger charge is 2.37. The molecule has 5 nitrogen and oxygen atoms in total. The van der Waals surface area contributed by atoms with E-state index in [1.54, 1.807) is 11.8 Å². The van der Waals surface area contributed by atoms with Gasteiger partial charge in [-0.2, -0.15) is 0 Å². The number of nitrogens with one attached hydrogen (secondary N) is 2. The molecule has 152 valence electrons. The van der Waals surface area contributed by atoms with Gasteiger partial charge in [0.2, 0.25) is 0 Å². The van der Waals surface area contributed by atoms with Crippen LogP contribution < -0.4 is 10.9 Å². The fraction of sp³-hybridized carbons (Fsp3) is 0.409. The van der Waals surface area contributed by atoms with Crippen molar-refractivity contribution >= 4 is 39.3 Å². The highest BCUT2D eigenvalue weighted by atomic mass is 79.9. The Morgan fingerprint density at radius 3 is 2.69 bits per heavy atom. The lowest BCUT2D eigenvalue weighted by Crippen LogP contribution is -2.32. The van der Waals surface area contributed by atoms with E-state index in [0.717, 1.165) is 46.3 Å². The van der Waals surface area contributed by atoms with Gasteiger partial charge in [0.1, 0.15) is 5.82 Å². The number of carbonyl (C=O) groups is 1. The van der Waals surface area contributed by atoms with Crippen LogP contribution in [0.2, 0.25) is 0 Å². The molecule has 1 aromatic carbocycles. The summed E-state index contributed by atoms with van der Waals surface area (Å²) in [6.45, 7) is 4.37. The van der Waals surface area contributed by atoms with Crippen molar-refractivity contribution in [1.29, 1.82) is 0 Å². The maximum absolute atomic E-state index is 13.1. The Hall–Kier alpha value is -1.86. The van der Waals surface area contributed by atoms with Gasteiger partial charge in [-0.1, -0.05) is 53.7 Å². The van der Waals surface area contributed by atoms with Crippen molar-refractivity contribution in [3.63, 3.8) is 0 Å². The highest BCUT2D eigenvalue weighted by Crippen LogP contribution is 2.43. The molecule has 0 radical (unpaired) electrons. The van der Waals surface area contributed by atoms with Crippen molar-refractivity contribution in [3.8, 4) is 0 Å². The fourth-order valence-corrected chi connectivity index (χ4v) is 5.26. The van der Waals surface area contributed by atoms with Gasteiger partial charge in [0.15, 0.2) is 10.9 Å². The van der Waals surface area contributed by atoms with Gasteiger partial charge in [-0.05, 0) is 42.9 Å². The molecule has 0 fully saturated rings. The molecule has 1 unspecified atom stereocenters. The molecule has 2 aromatic rings. The quantitative estimate of drug-likeness (QED) is 0.458. The maximum Gasteiger partial charge on any atom is 0.257 e. The Bertz CT molecular complexity index is 1030. The van der Waals surface area contributed by atoms with Gasteiger partial charge in [-0.3, -0.25) is 9.59 Å². The number of hydrogen-bond donors (Lipinski definition) is 2. The molecule has 4 rings (SSSR count). The second-order valence-electron chi connectivity index (χ2n) is 7.94. The van der Waals surface area contributed by atoms with Crippen molar-refractivity contribution in [2.75, 3.05) is 11.1 Å². The number of aromatic nitrogens is 2. The molecule has 1 aliphatic heterocycles. The third kappa shape index (κ3) is 4.21. The summed E-state index contributed by atoms with van der Waals surface area (Å²) in [5.41, 5.74) is 2.93. The van der Waals surface area contributed by atoms with Gasteiger partial charge in [0.25, 0.3) is 5.56 Å². The number of hydrogen-bond acceptors (Lipinski definition) is 5. The molecule has 29 heavy (non-hydrogen) atoms. The second-order valence-corrected chi connectivity index (χ2v) is 9.94. The van der Waals surface area contributed by atoms with Gasteiger partial charge < -0.3 is 10.3 Å². The number of H-pyrrole nitrogens is 1. The van der Waals surface area contributed by atoms with E-state index >= 15 is 0 Å². The van der Waals surface area contributed by atoms with E-state index in [-0.39, 0.29) is 17.3 Å². The Labute approximate surface area is 182 Å².